The van der Waals surface area contributed by atoms with Crippen molar-refractivity contribution in [3.05, 3.63) is 29.8 Å². The van der Waals surface area contributed by atoms with E-state index >= 15 is 0 Å². The predicted molar refractivity (Wildman–Crippen MR) is 87.2 cm³/mol. The molecule has 0 unspecified atom stereocenters. The predicted octanol–water partition coefficient (Wildman–Crippen LogP) is 1.90. The lowest BCUT2D eigenvalue weighted by Crippen LogP contribution is -2.14. The van der Waals surface area contributed by atoms with Crippen molar-refractivity contribution in [2.24, 2.45) is 0 Å². The highest BCUT2D eigenvalue weighted by atomic mass is 16.5. The number of nitrogens with two attached hydrogens (primary N) is 1. The number of fused-ring (bicyclic) bond motifs is 2. The number of hydrogen-bond donors (Lipinski definition) is 2. The summed E-state index contributed by atoms with van der Waals surface area (Å²) in [4.78, 5) is 21.4. The molecule has 1 aromatic carbocycles. The van der Waals surface area contributed by atoms with Crippen LogP contribution in [0.15, 0.2) is 24.3 Å². The number of para-hydroxylation sites is 2. The first kappa shape index (κ1) is 15.2. The standard InChI is InChI=1S/C16H18N4O3/c1-3-23-16(22)12-13-15(20(14(12)17)9(2)8-21)19-11-7-5-4-6-10(11)18-13/h4-7,9,21H,3,8,17H2,1-2H3/t9-/m1/s1. The Bertz CT molecular complexity index is 888. The van der Waals surface area contributed by atoms with Gasteiger partial charge in [-0.05, 0) is 26.0 Å². The molecular weight excluding hydrogens is 296 g/mol. The second kappa shape index (κ2) is 5.85. The zero-order chi connectivity index (χ0) is 16.6. The van der Waals surface area contributed by atoms with Gasteiger partial charge in [-0.25, -0.2) is 14.8 Å². The van der Waals surface area contributed by atoms with E-state index in [1.807, 2.05) is 24.3 Å². The molecule has 0 aliphatic rings. The number of aliphatic hydroxyl groups is 1. The molecule has 0 radical (unpaired) electrons. The summed E-state index contributed by atoms with van der Waals surface area (Å²) in [7, 11) is 0. The molecule has 0 saturated carbocycles. The van der Waals surface area contributed by atoms with Crippen LogP contribution in [0.1, 0.15) is 30.2 Å². The number of hydrogen-bond acceptors (Lipinski definition) is 6. The minimum atomic E-state index is -0.538. The fraction of sp³-hybridized carbons (Fsp3) is 0.312. The Morgan fingerprint density at radius 3 is 2.61 bits per heavy atom. The van der Waals surface area contributed by atoms with Gasteiger partial charge in [-0.1, -0.05) is 12.1 Å². The molecule has 3 aromatic rings. The van der Waals surface area contributed by atoms with Crippen LogP contribution in [0.3, 0.4) is 0 Å². The molecule has 0 aliphatic carbocycles. The van der Waals surface area contributed by atoms with Crippen molar-refractivity contribution in [2.45, 2.75) is 19.9 Å². The first-order chi connectivity index (χ1) is 11.1. The Labute approximate surface area is 132 Å². The van der Waals surface area contributed by atoms with Gasteiger partial charge in [-0.3, -0.25) is 0 Å². The van der Waals surface area contributed by atoms with Crippen molar-refractivity contribution >= 4 is 34.0 Å². The van der Waals surface area contributed by atoms with Gasteiger partial charge in [0.1, 0.15) is 16.9 Å². The van der Waals surface area contributed by atoms with Crippen molar-refractivity contribution in [3.63, 3.8) is 0 Å². The molecule has 1 atom stereocenters. The molecule has 0 amide bonds. The third-order valence-electron chi connectivity index (χ3n) is 3.72. The summed E-state index contributed by atoms with van der Waals surface area (Å²) in [5.41, 5.74) is 8.56. The normalized spacial score (nSPS) is 12.7. The van der Waals surface area contributed by atoms with Crippen LogP contribution in [0.4, 0.5) is 5.82 Å². The molecule has 7 nitrogen and oxygen atoms in total. The maximum absolute atomic E-state index is 12.3. The largest absolute Gasteiger partial charge is 0.462 e. The van der Waals surface area contributed by atoms with E-state index in [9.17, 15) is 9.90 Å². The van der Waals surface area contributed by atoms with E-state index < -0.39 is 5.97 Å². The van der Waals surface area contributed by atoms with Gasteiger partial charge < -0.3 is 20.1 Å². The molecule has 7 heteroatoms. The van der Waals surface area contributed by atoms with Crippen LogP contribution in [0.2, 0.25) is 0 Å². The molecular formula is C16H18N4O3. The van der Waals surface area contributed by atoms with Gasteiger partial charge in [-0.2, -0.15) is 0 Å². The number of aromatic nitrogens is 3. The summed E-state index contributed by atoms with van der Waals surface area (Å²) in [5.74, 6) is -0.334. The second-order valence-corrected chi connectivity index (χ2v) is 5.27. The number of carbonyl (C=O) groups is 1. The highest BCUT2D eigenvalue weighted by molar-refractivity contribution is 6.08. The van der Waals surface area contributed by atoms with Crippen LogP contribution in [-0.4, -0.2) is 38.8 Å². The van der Waals surface area contributed by atoms with Crippen molar-refractivity contribution in [3.8, 4) is 0 Å². The third kappa shape index (κ3) is 2.39. The maximum Gasteiger partial charge on any atom is 0.344 e. The lowest BCUT2D eigenvalue weighted by Gasteiger charge is -2.13. The van der Waals surface area contributed by atoms with E-state index in [0.717, 1.165) is 0 Å². The van der Waals surface area contributed by atoms with Crippen LogP contribution < -0.4 is 5.73 Å². The number of nitrogen functional groups attached to an aromatic ring is 1. The van der Waals surface area contributed by atoms with Crippen LogP contribution in [0, 0.1) is 0 Å². The average Bonchev–Trinajstić information content (AvgIpc) is 2.83. The summed E-state index contributed by atoms with van der Waals surface area (Å²) in [6, 6.07) is 7.03. The Hall–Kier alpha value is -2.67. The number of nitrogens with zero attached hydrogens (tertiary/aromatic N) is 3. The number of rotatable bonds is 4. The maximum atomic E-state index is 12.3. The Balaban J connectivity index is 2.39. The molecule has 120 valence electrons. The third-order valence-corrected chi connectivity index (χ3v) is 3.72. The van der Waals surface area contributed by atoms with Gasteiger partial charge in [-0.15, -0.1) is 0 Å². The topological polar surface area (TPSA) is 103 Å². The van der Waals surface area contributed by atoms with Crippen molar-refractivity contribution in [1.82, 2.24) is 14.5 Å². The number of anilines is 1. The van der Waals surface area contributed by atoms with Gasteiger partial charge in [0.05, 0.1) is 30.3 Å². The minimum absolute atomic E-state index is 0.134. The number of aliphatic hydroxyl groups excluding tert-OH is 1. The van der Waals surface area contributed by atoms with E-state index in [1.165, 1.54) is 0 Å². The summed E-state index contributed by atoms with van der Waals surface area (Å²) in [6.07, 6.45) is 0. The van der Waals surface area contributed by atoms with Crippen molar-refractivity contribution < 1.29 is 14.6 Å². The van der Waals surface area contributed by atoms with E-state index in [2.05, 4.69) is 9.97 Å². The monoisotopic (exact) mass is 314 g/mol. The smallest absolute Gasteiger partial charge is 0.344 e. The summed E-state index contributed by atoms with van der Waals surface area (Å²) in [6.45, 7) is 3.62. The molecule has 0 saturated heterocycles. The number of ether oxygens (including phenoxy) is 1. The Morgan fingerprint density at radius 1 is 1.35 bits per heavy atom. The SMILES string of the molecule is CCOC(=O)c1c(N)n([C@H](C)CO)c2nc3ccccc3nc12. The van der Waals surface area contributed by atoms with Crippen molar-refractivity contribution in [1.29, 1.82) is 0 Å². The van der Waals surface area contributed by atoms with E-state index in [-0.39, 0.29) is 30.6 Å². The van der Waals surface area contributed by atoms with Crippen LogP contribution in [0.25, 0.3) is 22.2 Å². The van der Waals surface area contributed by atoms with Crippen LogP contribution in [-0.2, 0) is 4.74 Å². The van der Waals surface area contributed by atoms with Gasteiger partial charge in [0.2, 0.25) is 0 Å². The lowest BCUT2D eigenvalue weighted by molar-refractivity contribution is 0.0529. The van der Waals surface area contributed by atoms with Gasteiger partial charge in [0.25, 0.3) is 0 Å². The fourth-order valence-electron chi connectivity index (χ4n) is 2.61. The quantitative estimate of drug-likeness (QED) is 0.713. The van der Waals surface area contributed by atoms with Crippen molar-refractivity contribution in [2.75, 3.05) is 18.9 Å². The highest BCUT2D eigenvalue weighted by Crippen LogP contribution is 2.31. The van der Waals surface area contributed by atoms with E-state index in [0.29, 0.717) is 22.2 Å². The van der Waals surface area contributed by atoms with Crippen LogP contribution >= 0.6 is 0 Å². The number of esters is 1. The number of carbonyl (C=O) groups excluding carboxylic acids is 1. The molecule has 0 spiro atoms. The Kier molecular flexibility index (Phi) is 3.87. The summed E-state index contributed by atoms with van der Waals surface area (Å²) < 4.78 is 6.72. The molecule has 0 aliphatic heterocycles. The fourth-order valence-corrected chi connectivity index (χ4v) is 2.61. The highest BCUT2D eigenvalue weighted by Gasteiger charge is 2.26. The molecule has 0 fully saturated rings. The van der Waals surface area contributed by atoms with E-state index in [4.69, 9.17) is 10.5 Å². The van der Waals surface area contributed by atoms with Gasteiger partial charge >= 0.3 is 5.97 Å². The summed E-state index contributed by atoms with van der Waals surface area (Å²) in [5, 5.41) is 9.50. The van der Waals surface area contributed by atoms with Gasteiger partial charge in [0.15, 0.2) is 5.65 Å². The number of benzene rings is 1. The molecule has 2 heterocycles. The molecule has 3 N–H and O–H groups in total. The molecule has 23 heavy (non-hydrogen) atoms. The van der Waals surface area contributed by atoms with E-state index in [1.54, 1.807) is 18.4 Å². The second-order valence-electron chi connectivity index (χ2n) is 5.27. The zero-order valence-corrected chi connectivity index (χ0v) is 13.0. The first-order valence-corrected chi connectivity index (χ1v) is 7.42. The van der Waals surface area contributed by atoms with Crippen LogP contribution in [0.5, 0.6) is 0 Å². The summed E-state index contributed by atoms with van der Waals surface area (Å²) >= 11 is 0. The molecule has 3 rings (SSSR count). The Morgan fingerprint density at radius 2 is 2.00 bits per heavy atom. The zero-order valence-electron chi connectivity index (χ0n) is 13.0. The lowest BCUT2D eigenvalue weighted by atomic mass is 10.2. The minimum Gasteiger partial charge on any atom is -0.462 e. The molecule has 0 bridgehead atoms. The van der Waals surface area contributed by atoms with Gasteiger partial charge in [0, 0.05) is 0 Å². The molecule has 2 aromatic heterocycles. The average molecular weight is 314 g/mol. The first-order valence-electron chi connectivity index (χ1n) is 7.42.